The molecular weight excluding hydrogens is 195 g/mol. The molecule has 0 aromatic carbocycles. The minimum absolute atomic E-state index is 0.198. The first-order valence-electron chi connectivity index (χ1n) is 3.68. The molecule has 3 nitrogen and oxygen atoms in total. The molecule has 0 amide bonds. The second kappa shape index (κ2) is 3.28. The summed E-state index contributed by atoms with van der Waals surface area (Å²) in [5.41, 5.74) is 4.20. The highest BCUT2D eigenvalue weighted by atomic mass is 19.4. The summed E-state index contributed by atoms with van der Waals surface area (Å²) >= 11 is 0. The van der Waals surface area contributed by atoms with Crippen molar-refractivity contribution in [3.8, 4) is 0 Å². The SMILES string of the molecule is C=C(C)c1nc(N)ncc1C(F)(F)F. The lowest BCUT2D eigenvalue weighted by atomic mass is 10.1. The standard InChI is InChI=1S/C8H8F3N3/c1-4(2)6-5(8(9,10)11)3-13-7(12)14-6/h3H,1H2,2H3,(H2,12,13,14). The van der Waals surface area contributed by atoms with E-state index in [1.165, 1.54) is 6.92 Å². The maximum atomic E-state index is 12.4. The summed E-state index contributed by atoms with van der Waals surface area (Å²) in [6, 6.07) is 0. The van der Waals surface area contributed by atoms with Gasteiger partial charge in [-0.05, 0) is 12.5 Å². The lowest BCUT2D eigenvalue weighted by Crippen LogP contribution is -2.12. The van der Waals surface area contributed by atoms with Crippen molar-refractivity contribution in [2.24, 2.45) is 0 Å². The van der Waals surface area contributed by atoms with Gasteiger partial charge in [0.15, 0.2) is 0 Å². The summed E-state index contributed by atoms with van der Waals surface area (Å²) < 4.78 is 37.1. The number of nitrogens with zero attached hydrogens (tertiary/aromatic N) is 2. The quantitative estimate of drug-likeness (QED) is 0.760. The van der Waals surface area contributed by atoms with Gasteiger partial charge >= 0.3 is 6.18 Å². The van der Waals surface area contributed by atoms with Gasteiger partial charge in [-0.1, -0.05) is 6.58 Å². The van der Waals surface area contributed by atoms with Crippen LogP contribution in [0.5, 0.6) is 0 Å². The molecule has 6 heteroatoms. The smallest absolute Gasteiger partial charge is 0.368 e. The number of nitrogens with two attached hydrogens (primary N) is 1. The van der Waals surface area contributed by atoms with Gasteiger partial charge in [0, 0.05) is 6.20 Å². The van der Waals surface area contributed by atoms with Crippen molar-refractivity contribution in [1.82, 2.24) is 9.97 Å². The van der Waals surface area contributed by atoms with E-state index in [1.807, 2.05) is 0 Å². The highest BCUT2D eigenvalue weighted by molar-refractivity contribution is 5.62. The average Bonchev–Trinajstić information content (AvgIpc) is 2.01. The molecule has 0 aliphatic carbocycles. The van der Waals surface area contributed by atoms with Crippen LogP contribution in [0.15, 0.2) is 12.8 Å². The number of nitrogen functional groups attached to an aromatic ring is 1. The predicted octanol–water partition coefficient (Wildman–Crippen LogP) is 2.11. The molecule has 76 valence electrons. The van der Waals surface area contributed by atoms with Crippen LogP contribution in [0.4, 0.5) is 19.1 Å². The molecule has 1 aromatic heterocycles. The third kappa shape index (κ3) is 2.01. The van der Waals surface area contributed by atoms with Gasteiger partial charge in [-0.15, -0.1) is 0 Å². The normalized spacial score (nSPS) is 11.4. The summed E-state index contributed by atoms with van der Waals surface area (Å²) in [4.78, 5) is 6.78. The fourth-order valence-corrected chi connectivity index (χ4v) is 0.928. The highest BCUT2D eigenvalue weighted by Crippen LogP contribution is 2.33. The number of alkyl halides is 3. The van der Waals surface area contributed by atoms with Crippen LogP contribution in [0.3, 0.4) is 0 Å². The lowest BCUT2D eigenvalue weighted by Gasteiger charge is -2.11. The van der Waals surface area contributed by atoms with E-state index in [9.17, 15) is 13.2 Å². The zero-order chi connectivity index (χ0) is 10.9. The molecule has 0 saturated carbocycles. The van der Waals surface area contributed by atoms with Gasteiger partial charge in [-0.3, -0.25) is 0 Å². The Bertz CT molecular complexity index is 371. The molecule has 0 spiro atoms. The predicted molar refractivity (Wildman–Crippen MR) is 46.2 cm³/mol. The van der Waals surface area contributed by atoms with Crippen LogP contribution in [0, 0.1) is 0 Å². The maximum Gasteiger partial charge on any atom is 0.419 e. The topological polar surface area (TPSA) is 51.8 Å². The molecule has 2 N–H and O–H groups in total. The molecule has 14 heavy (non-hydrogen) atoms. The molecular formula is C8H8F3N3. The van der Waals surface area contributed by atoms with E-state index in [4.69, 9.17) is 5.73 Å². The van der Waals surface area contributed by atoms with E-state index in [2.05, 4.69) is 16.5 Å². The number of hydrogen-bond donors (Lipinski definition) is 1. The Morgan fingerprint density at radius 2 is 2.07 bits per heavy atom. The van der Waals surface area contributed by atoms with Gasteiger partial charge in [0.1, 0.15) is 0 Å². The zero-order valence-corrected chi connectivity index (χ0v) is 7.39. The van der Waals surface area contributed by atoms with Crippen LogP contribution in [0.1, 0.15) is 18.2 Å². The van der Waals surface area contributed by atoms with Gasteiger partial charge < -0.3 is 5.73 Å². The largest absolute Gasteiger partial charge is 0.419 e. The molecule has 1 aromatic rings. The molecule has 0 radical (unpaired) electrons. The van der Waals surface area contributed by atoms with Crippen molar-refractivity contribution in [2.45, 2.75) is 13.1 Å². The van der Waals surface area contributed by atoms with Crippen molar-refractivity contribution in [3.05, 3.63) is 24.0 Å². The molecule has 0 atom stereocenters. The second-order valence-corrected chi connectivity index (χ2v) is 2.77. The summed E-state index contributed by atoms with van der Waals surface area (Å²) in [5, 5.41) is 0. The Labute approximate surface area is 78.5 Å². The molecule has 0 saturated heterocycles. The van der Waals surface area contributed by atoms with Crippen molar-refractivity contribution in [3.63, 3.8) is 0 Å². The number of aromatic nitrogens is 2. The van der Waals surface area contributed by atoms with Crippen LogP contribution in [-0.2, 0) is 6.18 Å². The third-order valence-corrected chi connectivity index (χ3v) is 1.52. The van der Waals surface area contributed by atoms with Gasteiger partial charge in [0.25, 0.3) is 0 Å². The summed E-state index contributed by atoms with van der Waals surface area (Å²) in [5.74, 6) is -0.198. The molecule has 0 fully saturated rings. The first-order valence-corrected chi connectivity index (χ1v) is 3.68. The van der Waals surface area contributed by atoms with Crippen LogP contribution < -0.4 is 5.73 Å². The Kier molecular flexibility index (Phi) is 2.46. The van der Waals surface area contributed by atoms with E-state index in [-0.39, 0.29) is 17.2 Å². The average molecular weight is 203 g/mol. The number of allylic oxidation sites excluding steroid dienone is 1. The Morgan fingerprint density at radius 3 is 2.50 bits per heavy atom. The van der Waals surface area contributed by atoms with E-state index in [0.717, 1.165) is 0 Å². The van der Waals surface area contributed by atoms with Crippen molar-refractivity contribution < 1.29 is 13.2 Å². The lowest BCUT2D eigenvalue weighted by molar-refractivity contribution is -0.138. The number of halogens is 3. The molecule has 0 bridgehead atoms. The molecule has 0 aliphatic rings. The van der Waals surface area contributed by atoms with E-state index in [1.54, 1.807) is 0 Å². The third-order valence-electron chi connectivity index (χ3n) is 1.52. The molecule has 0 aliphatic heterocycles. The van der Waals surface area contributed by atoms with Crippen LogP contribution >= 0.6 is 0 Å². The maximum absolute atomic E-state index is 12.4. The van der Waals surface area contributed by atoms with Gasteiger partial charge in [0.05, 0.1) is 11.3 Å². The Balaban J connectivity index is 3.37. The van der Waals surface area contributed by atoms with Crippen LogP contribution in [0.2, 0.25) is 0 Å². The van der Waals surface area contributed by atoms with E-state index >= 15 is 0 Å². The summed E-state index contributed by atoms with van der Waals surface area (Å²) in [6.07, 6.45) is -3.83. The van der Waals surface area contributed by atoms with Crippen molar-refractivity contribution in [2.75, 3.05) is 5.73 Å². The fraction of sp³-hybridized carbons (Fsp3) is 0.250. The summed E-state index contributed by atoms with van der Waals surface area (Å²) in [6.45, 7) is 4.82. The van der Waals surface area contributed by atoms with Gasteiger partial charge in [-0.25, -0.2) is 9.97 Å². The fourth-order valence-electron chi connectivity index (χ4n) is 0.928. The Hall–Kier alpha value is -1.59. The number of anilines is 1. The molecule has 1 heterocycles. The van der Waals surface area contributed by atoms with Crippen molar-refractivity contribution >= 4 is 11.5 Å². The first kappa shape index (κ1) is 10.5. The molecule has 1 rings (SSSR count). The number of hydrogen-bond acceptors (Lipinski definition) is 3. The monoisotopic (exact) mass is 203 g/mol. The van der Waals surface area contributed by atoms with Crippen LogP contribution in [0.25, 0.3) is 5.57 Å². The zero-order valence-electron chi connectivity index (χ0n) is 7.39. The highest BCUT2D eigenvalue weighted by Gasteiger charge is 2.34. The van der Waals surface area contributed by atoms with E-state index < -0.39 is 11.7 Å². The second-order valence-electron chi connectivity index (χ2n) is 2.77. The number of rotatable bonds is 1. The minimum Gasteiger partial charge on any atom is -0.368 e. The summed E-state index contributed by atoms with van der Waals surface area (Å²) in [7, 11) is 0. The van der Waals surface area contributed by atoms with E-state index in [0.29, 0.717) is 6.20 Å². The van der Waals surface area contributed by atoms with Gasteiger partial charge in [0.2, 0.25) is 5.95 Å². The van der Waals surface area contributed by atoms with Gasteiger partial charge in [-0.2, -0.15) is 13.2 Å². The minimum atomic E-state index is -4.48. The first-order chi connectivity index (χ1) is 6.32. The van der Waals surface area contributed by atoms with Crippen molar-refractivity contribution in [1.29, 1.82) is 0 Å². The Morgan fingerprint density at radius 1 is 1.50 bits per heavy atom. The van der Waals surface area contributed by atoms with Crippen LogP contribution in [-0.4, -0.2) is 9.97 Å². The molecule has 0 unspecified atom stereocenters.